The van der Waals surface area contributed by atoms with E-state index in [0.717, 1.165) is 35.5 Å². The van der Waals surface area contributed by atoms with E-state index in [-0.39, 0.29) is 5.91 Å². The van der Waals surface area contributed by atoms with E-state index in [9.17, 15) is 4.79 Å². The van der Waals surface area contributed by atoms with Crippen LogP contribution in [-0.2, 0) is 4.79 Å². The van der Waals surface area contributed by atoms with Gasteiger partial charge in [0.25, 0.3) is 0 Å². The molecule has 22 heavy (non-hydrogen) atoms. The highest BCUT2D eigenvalue weighted by Gasteiger charge is 2.24. The summed E-state index contributed by atoms with van der Waals surface area (Å²) in [6.07, 6.45) is 4.87. The van der Waals surface area contributed by atoms with Crippen molar-refractivity contribution in [1.82, 2.24) is 4.90 Å². The number of benzene rings is 1. The minimum absolute atomic E-state index is 0.119. The molecule has 1 aliphatic heterocycles. The Morgan fingerprint density at radius 3 is 2.23 bits per heavy atom. The quantitative estimate of drug-likeness (QED) is 0.794. The number of piperidine rings is 1. The second kappa shape index (κ2) is 6.99. The van der Waals surface area contributed by atoms with Crippen LogP contribution in [0.4, 0.5) is 0 Å². The van der Waals surface area contributed by atoms with Crippen LogP contribution < -0.4 is 4.74 Å². The fraction of sp³-hybridized carbons (Fsp3) is 0.526. The number of amides is 1. The molecule has 0 N–H and O–H groups in total. The van der Waals surface area contributed by atoms with Crippen molar-refractivity contribution < 1.29 is 9.53 Å². The Kier molecular flexibility index (Phi) is 5.28. The van der Waals surface area contributed by atoms with Gasteiger partial charge in [-0.3, -0.25) is 4.79 Å². The Bertz CT molecular complexity index is 544. The van der Waals surface area contributed by atoms with Crippen LogP contribution in [0.3, 0.4) is 0 Å². The lowest BCUT2D eigenvalue weighted by Crippen LogP contribution is -2.41. The first-order chi connectivity index (χ1) is 10.4. The third-order valence-corrected chi connectivity index (χ3v) is 4.38. The molecule has 120 valence electrons. The number of aryl methyl sites for hydroxylation is 2. The molecule has 1 aromatic carbocycles. The van der Waals surface area contributed by atoms with Gasteiger partial charge in [-0.1, -0.05) is 13.8 Å². The average molecular weight is 301 g/mol. The zero-order valence-electron chi connectivity index (χ0n) is 14.3. The molecule has 0 saturated carbocycles. The van der Waals surface area contributed by atoms with E-state index in [4.69, 9.17) is 4.74 Å². The van der Waals surface area contributed by atoms with Gasteiger partial charge in [-0.25, -0.2) is 0 Å². The molecule has 0 bridgehead atoms. The summed E-state index contributed by atoms with van der Waals surface area (Å²) >= 11 is 0. The van der Waals surface area contributed by atoms with Gasteiger partial charge in [0.2, 0.25) is 5.91 Å². The van der Waals surface area contributed by atoms with Crippen molar-refractivity contribution >= 4 is 12.0 Å². The summed E-state index contributed by atoms with van der Waals surface area (Å²) in [5.41, 5.74) is 3.36. The van der Waals surface area contributed by atoms with E-state index >= 15 is 0 Å². The summed E-state index contributed by atoms with van der Waals surface area (Å²) in [6.45, 7) is 10.3. The van der Waals surface area contributed by atoms with Crippen LogP contribution in [0.1, 0.15) is 37.0 Å². The van der Waals surface area contributed by atoms with E-state index in [1.807, 2.05) is 37.0 Å². The second-order valence-electron chi connectivity index (χ2n) is 6.70. The van der Waals surface area contributed by atoms with Gasteiger partial charge in [-0.2, -0.15) is 0 Å². The molecule has 0 spiro atoms. The molecule has 1 heterocycles. The van der Waals surface area contributed by atoms with Gasteiger partial charge >= 0.3 is 0 Å². The maximum absolute atomic E-state index is 12.4. The minimum Gasteiger partial charge on any atom is -0.497 e. The third kappa shape index (κ3) is 3.90. The van der Waals surface area contributed by atoms with Crippen LogP contribution in [-0.4, -0.2) is 31.0 Å². The number of ether oxygens (including phenoxy) is 1. The van der Waals surface area contributed by atoms with Crippen molar-refractivity contribution in [1.29, 1.82) is 0 Å². The summed E-state index contributed by atoms with van der Waals surface area (Å²) in [7, 11) is 1.67. The normalized spacial score (nSPS) is 22.1. The van der Waals surface area contributed by atoms with E-state index in [1.165, 1.54) is 6.42 Å². The zero-order chi connectivity index (χ0) is 16.3. The van der Waals surface area contributed by atoms with Gasteiger partial charge in [0, 0.05) is 19.2 Å². The molecule has 1 aliphatic rings. The molecule has 2 rings (SSSR count). The van der Waals surface area contributed by atoms with Crippen molar-refractivity contribution in [2.75, 3.05) is 20.2 Å². The molecule has 3 nitrogen and oxygen atoms in total. The number of carbonyl (C=O) groups excluding carboxylic acids is 1. The molecular weight excluding hydrogens is 274 g/mol. The van der Waals surface area contributed by atoms with Crippen LogP contribution in [0.15, 0.2) is 18.2 Å². The molecule has 0 radical (unpaired) electrons. The fourth-order valence-corrected chi connectivity index (χ4v) is 3.42. The summed E-state index contributed by atoms with van der Waals surface area (Å²) < 4.78 is 5.28. The van der Waals surface area contributed by atoms with Gasteiger partial charge in [0.15, 0.2) is 0 Å². The van der Waals surface area contributed by atoms with E-state index in [0.29, 0.717) is 11.8 Å². The molecular formula is C19H27NO2. The summed E-state index contributed by atoms with van der Waals surface area (Å²) in [5.74, 6) is 2.15. The van der Waals surface area contributed by atoms with E-state index in [1.54, 1.807) is 13.2 Å². The fourth-order valence-electron chi connectivity index (χ4n) is 3.42. The molecule has 3 heteroatoms. The number of methoxy groups -OCH3 is 1. The summed E-state index contributed by atoms with van der Waals surface area (Å²) in [5, 5.41) is 0. The summed E-state index contributed by atoms with van der Waals surface area (Å²) in [6, 6.07) is 4.00. The SMILES string of the molecule is COc1cc(C)c(/C=C/C(=O)N2CC(C)CC(C)C2)c(C)c1. The van der Waals surface area contributed by atoms with Gasteiger partial charge in [-0.05, 0) is 67.0 Å². The molecule has 0 aliphatic carbocycles. The molecule has 0 aromatic heterocycles. The van der Waals surface area contributed by atoms with Crippen molar-refractivity contribution in [2.45, 2.75) is 34.1 Å². The second-order valence-corrected chi connectivity index (χ2v) is 6.70. The largest absolute Gasteiger partial charge is 0.497 e. The van der Waals surface area contributed by atoms with Crippen LogP contribution >= 0.6 is 0 Å². The maximum atomic E-state index is 12.4. The molecule has 2 atom stereocenters. The predicted molar refractivity (Wildman–Crippen MR) is 91.0 cm³/mol. The standard InChI is InChI=1S/C19H27NO2/c1-13-8-14(2)12-20(11-13)19(21)7-6-18-15(3)9-17(22-5)10-16(18)4/h6-7,9-10,13-14H,8,11-12H2,1-5H3/b7-6+. The minimum atomic E-state index is 0.119. The highest BCUT2D eigenvalue weighted by Crippen LogP contribution is 2.24. The topological polar surface area (TPSA) is 29.5 Å². The lowest BCUT2D eigenvalue weighted by molar-refractivity contribution is -0.128. The number of rotatable bonds is 3. The van der Waals surface area contributed by atoms with E-state index < -0.39 is 0 Å². The van der Waals surface area contributed by atoms with Crippen LogP contribution in [0.2, 0.25) is 0 Å². The highest BCUT2D eigenvalue weighted by molar-refractivity contribution is 5.92. The number of carbonyl (C=O) groups is 1. The van der Waals surface area contributed by atoms with Crippen LogP contribution in [0.5, 0.6) is 5.75 Å². The molecule has 1 aromatic rings. The van der Waals surface area contributed by atoms with Crippen molar-refractivity contribution in [3.8, 4) is 5.75 Å². The van der Waals surface area contributed by atoms with Crippen molar-refractivity contribution in [2.24, 2.45) is 11.8 Å². The maximum Gasteiger partial charge on any atom is 0.246 e. The Balaban J connectivity index is 2.13. The molecule has 1 saturated heterocycles. The van der Waals surface area contributed by atoms with Gasteiger partial charge in [0.1, 0.15) is 5.75 Å². The van der Waals surface area contributed by atoms with Gasteiger partial charge in [0.05, 0.1) is 7.11 Å². The van der Waals surface area contributed by atoms with Crippen molar-refractivity contribution in [3.05, 3.63) is 34.9 Å². The molecule has 1 fully saturated rings. The Morgan fingerprint density at radius 2 is 1.73 bits per heavy atom. The van der Waals surface area contributed by atoms with Gasteiger partial charge in [-0.15, -0.1) is 0 Å². The average Bonchev–Trinajstić information content (AvgIpc) is 2.44. The number of hydrogen-bond donors (Lipinski definition) is 0. The third-order valence-electron chi connectivity index (χ3n) is 4.38. The van der Waals surface area contributed by atoms with Gasteiger partial charge < -0.3 is 9.64 Å². The van der Waals surface area contributed by atoms with Crippen molar-refractivity contribution in [3.63, 3.8) is 0 Å². The first kappa shape index (κ1) is 16.6. The first-order valence-corrected chi connectivity index (χ1v) is 8.03. The molecule has 1 amide bonds. The first-order valence-electron chi connectivity index (χ1n) is 8.03. The number of hydrogen-bond acceptors (Lipinski definition) is 2. The molecule has 2 unspecified atom stereocenters. The monoisotopic (exact) mass is 301 g/mol. The van der Waals surface area contributed by atoms with E-state index in [2.05, 4.69) is 13.8 Å². The Labute approximate surface area is 134 Å². The highest BCUT2D eigenvalue weighted by atomic mass is 16.5. The Morgan fingerprint density at radius 1 is 1.18 bits per heavy atom. The number of nitrogens with zero attached hydrogens (tertiary/aromatic N) is 1. The Hall–Kier alpha value is -1.77. The predicted octanol–water partition coefficient (Wildman–Crippen LogP) is 3.83. The smallest absolute Gasteiger partial charge is 0.246 e. The van der Waals surface area contributed by atoms with Crippen LogP contribution in [0, 0.1) is 25.7 Å². The lowest BCUT2D eigenvalue weighted by atomic mass is 9.92. The number of likely N-dealkylation sites (tertiary alicyclic amines) is 1. The van der Waals surface area contributed by atoms with Crippen LogP contribution in [0.25, 0.3) is 6.08 Å². The zero-order valence-corrected chi connectivity index (χ0v) is 14.3. The lowest BCUT2D eigenvalue weighted by Gasteiger charge is -2.34. The summed E-state index contributed by atoms with van der Waals surface area (Å²) in [4.78, 5) is 14.4.